The zero-order chi connectivity index (χ0) is 21.7. The van der Waals surface area contributed by atoms with Gasteiger partial charge in [-0.2, -0.15) is 4.98 Å². The molecule has 6 heteroatoms. The predicted octanol–water partition coefficient (Wildman–Crippen LogP) is 5.16. The van der Waals surface area contributed by atoms with Crippen LogP contribution in [0.5, 0.6) is 5.75 Å². The Balaban J connectivity index is 0.000000248. The second-order valence-corrected chi connectivity index (χ2v) is 8.13. The normalized spacial score (nSPS) is 11.5. The van der Waals surface area contributed by atoms with Crippen molar-refractivity contribution in [3.63, 3.8) is 0 Å². The lowest BCUT2D eigenvalue weighted by Gasteiger charge is -2.29. The molecule has 3 aromatic rings. The van der Waals surface area contributed by atoms with Gasteiger partial charge in [-0.3, -0.25) is 0 Å². The summed E-state index contributed by atoms with van der Waals surface area (Å²) >= 11 is 0. The summed E-state index contributed by atoms with van der Waals surface area (Å²) in [4.78, 5) is 16.0. The van der Waals surface area contributed by atoms with Crippen LogP contribution in [0.4, 0.5) is 6.01 Å². The van der Waals surface area contributed by atoms with Gasteiger partial charge >= 0.3 is 5.97 Å². The average Bonchev–Trinajstić information content (AvgIpc) is 3.01. The number of carbonyl (C=O) groups is 1. The molecule has 6 nitrogen and oxygen atoms in total. The Kier molecular flexibility index (Phi) is 6.90. The molecule has 29 heavy (non-hydrogen) atoms. The van der Waals surface area contributed by atoms with Gasteiger partial charge in [0.25, 0.3) is 6.01 Å². The van der Waals surface area contributed by atoms with E-state index in [1.807, 2.05) is 69.3 Å². The van der Waals surface area contributed by atoms with Gasteiger partial charge in [-0.25, -0.2) is 4.79 Å². The van der Waals surface area contributed by atoms with E-state index < -0.39 is 11.2 Å². The molecule has 0 fully saturated rings. The molecule has 0 saturated carbocycles. The minimum absolute atomic E-state index is 0.223. The van der Waals surface area contributed by atoms with Crippen LogP contribution in [0.3, 0.4) is 0 Å². The van der Waals surface area contributed by atoms with Crippen LogP contribution in [0.25, 0.3) is 11.1 Å². The molecule has 0 saturated heterocycles. The number of rotatable bonds is 4. The van der Waals surface area contributed by atoms with E-state index in [4.69, 9.17) is 19.6 Å². The van der Waals surface area contributed by atoms with E-state index in [2.05, 4.69) is 11.9 Å². The van der Waals surface area contributed by atoms with Crippen molar-refractivity contribution >= 4 is 23.1 Å². The average molecular weight is 399 g/mol. The molecular weight excluding hydrogens is 368 g/mol. The number of hydrogen-bond donors (Lipinski definition) is 1. The van der Waals surface area contributed by atoms with Crippen LogP contribution in [-0.4, -0.2) is 22.2 Å². The highest BCUT2D eigenvalue weighted by atomic mass is 16.6. The largest absolute Gasteiger partial charge is 0.476 e. The Labute approximate surface area is 172 Å². The minimum atomic E-state index is -0.999. The smallest absolute Gasteiger partial charge is 0.350 e. The van der Waals surface area contributed by atoms with Crippen LogP contribution < -0.4 is 10.5 Å². The lowest BCUT2D eigenvalue weighted by atomic mass is 10.1. The number of nitrogens with two attached hydrogens (primary N) is 1. The standard InChI is InChI=1S/C16H24O3.C7H6N2O/c1-7-12-8-10-13(11-9-12)18-16(5,6)14(17)19-15(2,3)4;8-7-9-5-3-1-2-4-6(5)10-7/h8-11H,7H2,1-6H3;1-4H,(H2,8,9). The number of anilines is 1. The van der Waals surface area contributed by atoms with Gasteiger partial charge in [0, 0.05) is 0 Å². The maximum absolute atomic E-state index is 12.1. The third-order valence-electron chi connectivity index (χ3n) is 3.91. The number of nitrogen functional groups attached to an aromatic ring is 1. The molecule has 0 aliphatic rings. The molecule has 156 valence electrons. The van der Waals surface area contributed by atoms with Gasteiger partial charge in [-0.15, -0.1) is 0 Å². The molecule has 1 heterocycles. The fourth-order valence-electron chi connectivity index (χ4n) is 2.42. The molecule has 2 aromatic carbocycles. The Morgan fingerprint density at radius 1 is 1.03 bits per heavy atom. The highest BCUT2D eigenvalue weighted by Crippen LogP contribution is 2.22. The third-order valence-corrected chi connectivity index (χ3v) is 3.91. The van der Waals surface area contributed by atoms with E-state index in [1.54, 1.807) is 13.8 Å². The lowest BCUT2D eigenvalue weighted by Crippen LogP contribution is -2.43. The summed E-state index contributed by atoms with van der Waals surface area (Å²) < 4.78 is 16.1. The number of ether oxygens (including phenoxy) is 2. The topological polar surface area (TPSA) is 87.6 Å². The SMILES string of the molecule is CCc1ccc(OC(C)(C)C(=O)OC(C)(C)C)cc1.Nc1nc2ccccc2o1. The first-order chi connectivity index (χ1) is 13.5. The molecule has 3 rings (SSSR count). The van der Waals surface area contributed by atoms with E-state index in [9.17, 15) is 4.79 Å². The predicted molar refractivity (Wildman–Crippen MR) is 115 cm³/mol. The van der Waals surface area contributed by atoms with Crippen molar-refractivity contribution < 1.29 is 18.7 Å². The van der Waals surface area contributed by atoms with Crippen molar-refractivity contribution in [3.05, 3.63) is 54.1 Å². The third kappa shape index (κ3) is 6.82. The van der Waals surface area contributed by atoms with Gasteiger partial charge in [0.2, 0.25) is 0 Å². The fraction of sp³-hybridized carbons (Fsp3) is 0.391. The number of fused-ring (bicyclic) bond motifs is 1. The molecule has 0 atom stereocenters. The Morgan fingerprint density at radius 2 is 1.66 bits per heavy atom. The maximum atomic E-state index is 12.1. The van der Waals surface area contributed by atoms with E-state index in [0.29, 0.717) is 5.75 Å². The highest BCUT2D eigenvalue weighted by Gasteiger charge is 2.34. The Bertz CT molecular complexity index is 904. The van der Waals surface area contributed by atoms with Gasteiger partial charge in [0.1, 0.15) is 16.9 Å². The molecule has 0 spiro atoms. The number of esters is 1. The molecule has 2 N–H and O–H groups in total. The zero-order valence-corrected chi connectivity index (χ0v) is 18.0. The number of carbonyl (C=O) groups excluding carboxylic acids is 1. The van der Waals surface area contributed by atoms with E-state index in [0.717, 1.165) is 17.5 Å². The van der Waals surface area contributed by atoms with Crippen LogP contribution in [0.15, 0.2) is 52.9 Å². The molecule has 1 aromatic heterocycles. The van der Waals surface area contributed by atoms with Crippen LogP contribution in [-0.2, 0) is 16.0 Å². The van der Waals surface area contributed by atoms with Gasteiger partial charge in [-0.05, 0) is 70.9 Å². The quantitative estimate of drug-likeness (QED) is 0.611. The number of hydrogen-bond acceptors (Lipinski definition) is 6. The van der Waals surface area contributed by atoms with E-state index >= 15 is 0 Å². The van der Waals surface area contributed by atoms with Gasteiger partial charge in [0.05, 0.1) is 0 Å². The molecule has 0 amide bonds. The van der Waals surface area contributed by atoms with Gasteiger partial charge < -0.3 is 19.6 Å². The van der Waals surface area contributed by atoms with E-state index in [-0.39, 0.29) is 12.0 Å². The molecule has 0 radical (unpaired) electrons. The monoisotopic (exact) mass is 398 g/mol. The summed E-state index contributed by atoms with van der Waals surface area (Å²) in [6.07, 6.45) is 0.982. The molecular formula is C23H30N2O4. The van der Waals surface area contributed by atoms with Gasteiger partial charge in [-0.1, -0.05) is 31.2 Å². The van der Waals surface area contributed by atoms with Crippen molar-refractivity contribution in [2.24, 2.45) is 0 Å². The van der Waals surface area contributed by atoms with Gasteiger partial charge in [0.15, 0.2) is 11.2 Å². The van der Waals surface area contributed by atoms with Crippen LogP contribution >= 0.6 is 0 Å². The number of benzene rings is 2. The van der Waals surface area contributed by atoms with Crippen molar-refractivity contribution in [1.82, 2.24) is 4.98 Å². The van der Waals surface area contributed by atoms with Crippen LogP contribution in [0, 0.1) is 0 Å². The number of oxazole rings is 1. The molecule has 0 aliphatic carbocycles. The number of nitrogens with zero attached hydrogens (tertiary/aromatic N) is 1. The van der Waals surface area contributed by atoms with Crippen molar-refractivity contribution in [1.29, 1.82) is 0 Å². The second-order valence-electron chi connectivity index (χ2n) is 8.13. The summed E-state index contributed by atoms with van der Waals surface area (Å²) in [7, 11) is 0. The molecule has 0 unspecified atom stereocenters. The zero-order valence-electron chi connectivity index (χ0n) is 18.0. The summed E-state index contributed by atoms with van der Waals surface area (Å²) in [5.74, 6) is 0.313. The molecule has 0 aliphatic heterocycles. The first-order valence-electron chi connectivity index (χ1n) is 9.62. The minimum Gasteiger partial charge on any atom is -0.476 e. The fourth-order valence-corrected chi connectivity index (χ4v) is 2.42. The second kappa shape index (κ2) is 8.99. The van der Waals surface area contributed by atoms with Crippen LogP contribution in [0.1, 0.15) is 47.1 Å². The van der Waals surface area contributed by atoms with Crippen molar-refractivity contribution in [3.8, 4) is 5.75 Å². The number of aryl methyl sites for hydroxylation is 1. The van der Waals surface area contributed by atoms with Crippen molar-refractivity contribution in [2.75, 3.05) is 5.73 Å². The summed E-state index contributed by atoms with van der Waals surface area (Å²) in [5.41, 5.74) is 6.58. The Hall–Kier alpha value is -3.02. The highest BCUT2D eigenvalue weighted by molar-refractivity contribution is 5.79. The number of para-hydroxylation sites is 2. The Morgan fingerprint density at radius 3 is 2.21 bits per heavy atom. The first-order valence-corrected chi connectivity index (χ1v) is 9.62. The van der Waals surface area contributed by atoms with E-state index in [1.165, 1.54) is 5.56 Å². The summed E-state index contributed by atoms with van der Waals surface area (Å²) in [6, 6.07) is 15.4. The lowest BCUT2D eigenvalue weighted by molar-refractivity contribution is -0.170. The maximum Gasteiger partial charge on any atom is 0.350 e. The van der Waals surface area contributed by atoms with Crippen molar-refractivity contribution in [2.45, 2.75) is 59.2 Å². The van der Waals surface area contributed by atoms with Crippen LogP contribution in [0.2, 0.25) is 0 Å². The summed E-state index contributed by atoms with van der Waals surface area (Å²) in [6.45, 7) is 11.1. The molecule has 0 bridgehead atoms. The summed E-state index contributed by atoms with van der Waals surface area (Å²) in [5, 5.41) is 0. The number of aromatic nitrogens is 1. The first kappa shape index (κ1) is 22.3.